The third kappa shape index (κ3) is 3.00. The molecule has 4 atom stereocenters. The first kappa shape index (κ1) is 17.4. The van der Waals surface area contributed by atoms with E-state index in [0.29, 0.717) is 16.6 Å². The number of halogens is 2. The Bertz CT molecular complexity index is 863. The summed E-state index contributed by atoms with van der Waals surface area (Å²) in [6.07, 6.45) is 4.15. The summed E-state index contributed by atoms with van der Waals surface area (Å²) >= 11 is 12.6. The molecule has 0 radical (unpaired) electrons. The van der Waals surface area contributed by atoms with Crippen molar-refractivity contribution in [1.29, 1.82) is 0 Å². The number of ether oxygens (including phenoxy) is 1. The van der Waals surface area contributed by atoms with Crippen molar-refractivity contribution in [2.45, 2.75) is 11.8 Å². The van der Waals surface area contributed by atoms with Gasteiger partial charge in [0.1, 0.15) is 5.75 Å². The molecule has 2 aliphatic rings. The molecule has 1 aliphatic carbocycles. The largest absolute Gasteiger partial charge is 0.497 e. The number of methoxy groups -OCH3 is 1. The highest BCUT2D eigenvalue weighted by Crippen LogP contribution is 2.49. The number of nitrogens with one attached hydrogen (secondary N) is 1. The van der Waals surface area contributed by atoms with Crippen molar-refractivity contribution in [2.75, 3.05) is 13.7 Å². The van der Waals surface area contributed by atoms with Crippen molar-refractivity contribution < 1.29 is 9.53 Å². The number of rotatable bonds is 3. The molecule has 2 aromatic carbocycles. The standard InChI is InChI=1S/C21H19Cl2NO2/c1-26-14-5-2-12(3-6-14)20-16(15-7-4-13(22)10-19(15)23)8-9-17-18(20)11-24-21(17)25/h2-10,16-18,20H,11H2,1H3,(H,24,25). The van der Waals surface area contributed by atoms with Crippen molar-refractivity contribution in [3.05, 3.63) is 75.8 Å². The predicted octanol–water partition coefficient (Wildman–Crippen LogP) is 4.80. The summed E-state index contributed by atoms with van der Waals surface area (Å²) in [6.45, 7) is 0.673. The van der Waals surface area contributed by atoms with Gasteiger partial charge in [-0.15, -0.1) is 0 Å². The maximum Gasteiger partial charge on any atom is 0.227 e. The minimum atomic E-state index is -0.0931. The number of hydrogen-bond acceptors (Lipinski definition) is 2. The molecule has 134 valence electrons. The van der Waals surface area contributed by atoms with E-state index in [-0.39, 0.29) is 29.6 Å². The van der Waals surface area contributed by atoms with Gasteiger partial charge >= 0.3 is 0 Å². The molecule has 5 heteroatoms. The number of benzene rings is 2. The molecule has 1 aliphatic heterocycles. The molecular formula is C21H19Cl2NO2. The summed E-state index contributed by atoms with van der Waals surface area (Å²) in [7, 11) is 1.66. The third-order valence-electron chi connectivity index (χ3n) is 5.47. The lowest BCUT2D eigenvalue weighted by Gasteiger charge is -2.36. The topological polar surface area (TPSA) is 38.3 Å². The molecule has 1 saturated heterocycles. The van der Waals surface area contributed by atoms with Gasteiger partial charge in [-0.3, -0.25) is 4.79 Å². The van der Waals surface area contributed by atoms with Crippen LogP contribution in [-0.2, 0) is 4.79 Å². The van der Waals surface area contributed by atoms with Gasteiger partial charge in [0, 0.05) is 22.5 Å². The molecule has 2 aromatic rings. The Labute approximate surface area is 163 Å². The van der Waals surface area contributed by atoms with E-state index in [2.05, 4.69) is 23.5 Å². The molecule has 4 unspecified atom stereocenters. The predicted molar refractivity (Wildman–Crippen MR) is 104 cm³/mol. The van der Waals surface area contributed by atoms with Crippen molar-refractivity contribution in [2.24, 2.45) is 11.8 Å². The highest BCUT2D eigenvalue weighted by Gasteiger charge is 2.44. The van der Waals surface area contributed by atoms with Gasteiger partial charge in [-0.2, -0.15) is 0 Å². The van der Waals surface area contributed by atoms with E-state index in [1.54, 1.807) is 13.2 Å². The Morgan fingerprint density at radius 3 is 2.46 bits per heavy atom. The summed E-state index contributed by atoms with van der Waals surface area (Å²) in [5.41, 5.74) is 2.21. The van der Waals surface area contributed by atoms with Crippen LogP contribution in [-0.4, -0.2) is 19.6 Å². The normalized spacial score (nSPS) is 27.1. The van der Waals surface area contributed by atoms with E-state index in [0.717, 1.165) is 11.3 Å². The number of amides is 1. The van der Waals surface area contributed by atoms with E-state index in [9.17, 15) is 4.79 Å². The molecule has 1 fully saturated rings. The number of allylic oxidation sites excluding steroid dienone is 1. The van der Waals surface area contributed by atoms with Crippen molar-refractivity contribution in [3.63, 3.8) is 0 Å². The minimum absolute atomic E-state index is 0.0853. The number of carbonyl (C=O) groups is 1. The Hall–Kier alpha value is -1.97. The van der Waals surface area contributed by atoms with Crippen LogP contribution in [0.15, 0.2) is 54.6 Å². The van der Waals surface area contributed by atoms with Gasteiger partial charge in [0.15, 0.2) is 0 Å². The lowest BCUT2D eigenvalue weighted by atomic mass is 9.67. The minimum Gasteiger partial charge on any atom is -0.497 e. The molecule has 3 nitrogen and oxygen atoms in total. The van der Waals surface area contributed by atoms with Crippen molar-refractivity contribution in [3.8, 4) is 5.75 Å². The summed E-state index contributed by atoms with van der Waals surface area (Å²) in [5, 5.41) is 4.29. The number of fused-ring (bicyclic) bond motifs is 1. The second-order valence-electron chi connectivity index (χ2n) is 6.81. The Kier molecular flexibility index (Phi) is 4.68. The van der Waals surface area contributed by atoms with Gasteiger partial charge < -0.3 is 10.1 Å². The first-order valence-corrected chi connectivity index (χ1v) is 9.39. The zero-order chi connectivity index (χ0) is 18.3. The van der Waals surface area contributed by atoms with E-state index >= 15 is 0 Å². The first-order chi connectivity index (χ1) is 12.6. The molecule has 26 heavy (non-hydrogen) atoms. The zero-order valence-electron chi connectivity index (χ0n) is 14.3. The van der Waals surface area contributed by atoms with E-state index in [1.807, 2.05) is 30.3 Å². The molecule has 4 rings (SSSR count). The van der Waals surface area contributed by atoms with Crippen LogP contribution >= 0.6 is 23.2 Å². The lowest BCUT2D eigenvalue weighted by molar-refractivity contribution is -0.121. The van der Waals surface area contributed by atoms with Gasteiger partial charge in [-0.25, -0.2) is 0 Å². The zero-order valence-corrected chi connectivity index (χ0v) is 15.8. The van der Waals surface area contributed by atoms with Gasteiger partial charge in [0.2, 0.25) is 5.91 Å². The van der Waals surface area contributed by atoms with Crippen molar-refractivity contribution in [1.82, 2.24) is 5.32 Å². The van der Waals surface area contributed by atoms with Gasteiger partial charge in [0.25, 0.3) is 0 Å². The van der Waals surface area contributed by atoms with E-state index in [1.165, 1.54) is 5.56 Å². The quantitative estimate of drug-likeness (QED) is 0.767. The van der Waals surface area contributed by atoms with Crippen LogP contribution < -0.4 is 10.1 Å². The van der Waals surface area contributed by atoms with Gasteiger partial charge in [0.05, 0.1) is 13.0 Å². The summed E-state index contributed by atoms with van der Waals surface area (Å²) in [4.78, 5) is 12.2. The van der Waals surface area contributed by atoms with Crippen LogP contribution in [0.4, 0.5) is 0 Å². The molecule has 1 N–H and O–H groups in total. The van der Waals surface area contributed by atoms with Crippen LogP contribution in [0.5, 0.6) is 5.75 Å². The van der Waals surface area contributed by atoms with Crippen LogP contribution in [0, 0.1) is 11.8 Å². The van der Waals surface area contributed by atoms with E-state index in [4.69, 9.17) is 27.9 Å². The van der Waals surface area contributed by atoms with Crippen LogP contribution in [0.2, 0.25) is 10.0 Å². The molecule has 0 bridgehead atoms. The lowest BCUT2D eigenvalue weighted by Crippen LogP contribution is -2.29. The van der Waals surface area contributed by atoms with Gasteiger partial charge in [-0.1, -0.05) is 53.6 Å². The third-order valence-corrected chi connectivity index (χ3v) is 6.03. The molecule has 0 spiro atoms. The Balaban J connectivity index is 1.80. The molecular weight excluding hydrogens is 369 g/mol. The average Bonchev–Trinajstić information content (AvgIpc) is 3.02. The fraction of sp³-hybridized carbons (Fsp3) is 0.286. The first-order valence-electron chi connectivity index (χ1n) is 8.63. The second-order valence-corrected chi connectivity index (χ2v) is 7.65. The Morgan fingerprint density at radius 1 is 1.04 bits per heavy atom. The van der Waals surface area contributed by atoms with Crippen LogP contribution in [0.3, 0.4) is 0 Å². The molecule has 1 heterocycles. The number of carbonyl (C=O) groups excluding carboxylic acids is 1. The highest BCUT2D eigenvalue weighted by molar-refractivity contribution is 6.35. The Morgan fingerprint density at radius 2 is 1.77 bits per heavy atom. The average molecular weight is 388 g/mol. The second kappa shape index (κ2) is 6.98. The molecule has 1 amide bonds. The summed E-state index contributed by atoms with van der Waals surface area (Å²) in [6, 6.07) is 13.7. The van der Waals surface area contributed by atoms with Gasteiger partial charge in [-0.05, 0) is 47.2 Å². The van der Waals surface area contributed by atoms with Crippen LogP contribution in [0.1, 0.15) is 23.0 Å². The molecule has 0 saturated carbocycles. The SMILES string of the molecule is COc1ccc(C2C(c3ccc(Cl)cc3Cl)C=CC3C(=O)NCC32)cc1. The fourth-order valence-corrected chi connectivity index (χ4v) is 4.75. The van der Waals surface area contributed by atoms with Crippen LogP contribution in [0.25, 0.3) is 0 Å². The monoisotopic (exact) mass is 387 g/mol. The maximum atomic E-state index is 12.2. The van der Waals surface area contributed by atoms with E-state index < -0.39 is 0 Å². The smallest absolute Gasteiger partial charge is 0.227 e. The maximum absolute atomic E-state index is 12.2. The fourth-order valence-electron chi connectivity index (χ4n) is 4.21. The molecule has 0 aromatic heterocycles. The van der Waals surface area contributed by atoms with Crippen molar-refractivity contribution >= 4 is 29.1 Å². The number of hydrogen-bond donors (Lipinski definition) is 1. The highest BCUT2D eigenvalue weighted by atomic mass is 35.5. The summed E-state index contributed by atoms with van der Waals surface area (Å²) < 4.78 is 5.29. The summed E-state index contributed by atoms with van der Waals surface area (Å²) in [5.74, 6) is 1.25.